The molecule has 74 valence electrons. The van der Waals surface area contributed by atoms with E-state index in [0.717, 1.165) is 6.54 Å². The van der Waals surface area contributed by atoms with Crippen molar-refractivity contribution in [2.45, 2.75) is 6.04 Å². The Bertz CT molecular complexity index is 245. The molecule has 1 heterocycles. The van der Waals surface area contributed by atoms with Gasteiger partial charge in [0.25, 0.3) is 0 Å². The van der Waals surface area contributed by atoms with Gasteiger partial charge in [0.1, 0.15) is 0 Å². The summed E-state index contributed by atoms with van der Waals surface area (Å²) in [6.45, 7) is 1.44. The van der Waals surface area contributed by atoms with Crippen molar-refractivity contribution in [2.75, 3.05) is 27.3 Å². The lowest BCUT2D eigenvalue weighted by Crippen LogP contribution is -2.26. The number of hydrogen-bond donors (Lipinski definition) is 1. The van der Waals surface area contributed by atoms with Crippen LogP contribution in [-0.4, -0.2) is 37.1 Å². The van der Waals surface area contributed by atoms with Gasteiger partial charge in [0.15, 0.2) is 0 Å². The van der Waals surface area contributed by atoms with Gasteiger partial charge in [0, 0.05) is 19.9 Å². The van der Waals surface area contributed by atoms with E-state index in [1.807, 2.05) is 11.7 Å². The van der Waals surface area contributed by atoms with Gasteiger partial charge in [0.2, 0.25) is 0 Å². The molecule has 1 atom stereocenters. The van der Waals surface area contributed by atoms with E-state index >= 15 is 0 Å². The molecule has 0 fully saturated rings. The van der Waals surface area contributed by atoms with E-state index in [2.05, 4.69) is 10.4 Å². The Morgan fingerprint density at radius 3 is 3.00 bits per heavy atom. The summed E-state index contributed by atoms with van der Waals surface area (Å²) >= 11 is 5.76. The minimum atomic E-state index is 0.197. The van der Waals surface area contributed by atoms with Gasteiger partial charge in [-0.15, -0.1) is 0 Å². The summed E-state index contributed by atoms with van der Waals surface area (Å²) in [5.74, 6) is 0. The zero-order valence-electron chi connectivity index (χ0n) is 7.83. The Morgan fingerprint density at radius 1 is 1.77 bits per heavy atom. The molecular formula is C8H14ClN3O. The van der Waals surface area contributed by atoms with Crippen molar-refractivity contribution >= 4 is 11.6 Å². The van der Waals surface area contributed by atoms with Crippen molar-refractivity contribution in [1.82, 2.24) is 15.1 Å². The molecule has 0 aliphatic carbocycles. The zero-order valence-corrected chi connectivity index (χ0v) is 8.58. The first kappa shape index (κ1) is 10.5. The van der Waals surface area contributed by atoms with Crippen molar-refractivity contribution in [1.29, 1.82) is 0 Å². The van der Waals surface area contributed by atoms with Crippen LogP contribution in [0.25, 0.3) is 0 Å². The van der Waals surface area contributed by atoms with E-state index in [9.17, 15) is 0 Å². The first-order chi connectivity index (χ1) is 6.27. The fourth-order valence-electron chi connectivity index (χ4n) is 1.17. The second-order valence-corrected chi connectivity index (χ2v) is 3.24. The second kappa shape index (κ2) is 5.21. The van der Waals surface area contributed by atoms with Crippen LogP contribution in [0.5, 0.6) is 0 Å². The number of likely N-dealkylation sites (N-methyl/N-ethyl adjacent to an activating group) is 1. The summed E-state index contributed by atoms with van der Waals surface area (Å²) in [7, 11) is 3.57. The number of halogens is 1. The predicted molar refractivity (Wildman–Crippen MR) is 52.1 cm³/mol. The molecule has 1 unspecified atom stereocenters. The predicted octanol–water partition coefficient (Wildman–Crippen LogP) is 0.943. The molecule has 5 heteroatoms. The van der Waals surface area contributed by atoms with Crippen LogP contribution in [0.2, 0.25) is 5.02 Å². The third-order valence-electron chi connectivity index (χ3n) is 1.74. The molecule has 1 aromatic heterocycles. The van der Waals surface area contributed by atoms with Gasteiger partial charge in [-0.2, -0.15) is 5.10 Å². The minimum Gasteiger partial charge on any atom is -0.382 e. The highest BCUT2D eigenvalue weighted by Gasteiger charge is 2.10. The summed E-state index contributed by atoms with van der Waals surface area (Å²) in [6.07, 6.45) is 3.42. The third kappa shape index (κ3) is 2.99. The van der Waals surface area contributed by atoms with Gasteiger partial charge in [-0.25, -0.2) is 0 Å². The number of ether oxygens (including phenoxy) is 1. The molecule has 0 aliphatic heterocycles. The lowest BCUT2D eigenvalue weighted by Gasteiger charge is -2.15. The average Bonchev–Trinajstić information content (AvgIpc) is 2.51. The summed E-state index contributed by atoms with van der Waals surface area (Å²) < 4.78 is 6.88. The molecule has 13 heavy (non-hydrogen) atoms. The van der Waals surface area contributed by atoms with Crippen molar-refractivity contribution in [3.05, 3.63) is 17.4 Å². The Hall–Kier alpha value is -0.580. The highest BCUT2D eigenvalue weighted by atomic mass is 35.5. The Kier molecular flexibility index (Phi) is 4.21. The zero-order chi connectivity index (χ0) is 9.68. The molecule has 1 rings (SSSR count). The van der Waals surface area contributed by atoms with Crippen molar-refractivity contribution < 1.29 is 4.74 Å². The number of nitrogens with zero attached hydrogens (tertiary/aromatic N) is 2. The number of rotatable bonds is 5. The van der Waals surface area contributed by atoms with Crippen LogP contribution < -0.4 is 5.32 Å². The van der Waals surface area contributed by atoms with Crippen LogP contribution in [0, 0.1) is 0 Å². The summed E-state index contributed by atoms with van der Waals surface area (Å²) in [5.41, 5.74) is 0. The number of methoxy groups -OCH3 is 1. The maximum absolute atomic E-state index is 5.76. The van der Waals surface area contributed by atoms with Crippen LogP contribution in [0.4, 0.5) is 0 Å². The fourth-order valence-corrected chi connectivity index (χ4v) is 1.32. The van der Waals surface area contributed by atoms with Gasteiger partial charge in [-0.05, 0) is 7.05 Å². The molecule has 1 N–H and O–H groups in total. The monoisotopic (exact) mass is 203 g/mol. The highest BCUT2D eigenvalue weighted by Crippen LogP contribution is 2.10. The molecule has 0 bridgehead atoms. The van der Waals surface area contributed by atoms with Gasteiger partial charge in [-0.3, -0.25) is 4.68 Å². The van der Waals surface area contributed by atoms with E-state index < -0.39 is 0 Å². The maximum atomic E-state index is 5.76. The number of hydrogen-bond acceptors (Lipinski definition) is 3. The van der Waals surface area contributed by atoms with Crippen molar-refractivity contribution in [2.24, 2.45) is 0 Å². The molecule has 0 spiro atoms. The Balaban J connectivity index is 2.63. The lowest BCUT2D eigenvalue weighted by molar-refractivity contribution is 0.149. The highest BCUT2D eigenvalue weighted by molar-refractivity contribution is 6.30. The molecule has 0 radical (unpaired) electrons. The topological polar surface area (TPSA) is 39.1 Å². The van der Waals surface area contributed by atoms with Gasteiger partial charge in [-0.1, -0.05) is 11.6 Å². The molecular weight excluding hydrogens is 190 g/mol. The molecule has 1 aromatic rings. The SMILES string of the molecule is CNCC(COC)n1cc(Cl)cn1. The maximum Gasteiger partial charge on any atom is 0.0876 e. The molecule has 4 nitrogen and oxygen atoms in total. The van der Waals surface area contributed by atoms with E-state index in [-0.39, 0.29) is 6.04 Å². The fraction of sp³-hybridized carbons (Fsp3) is 0.625. The van der Waals surface area contributed by atoms with Crippen LogP contribution in [0.1, 0.15) is 6.04 Å². The van der Waals surface area contributed by atoms with E-state index in [1.54, 1.807) is 19.5 Å². The van der Waals surface area contributed by atoms with Crippen molar-refractivity contribution in [3.63, 3.8) is 0 Å². The smallest absolute Gasteiger partial charge is 0.0876 e. The van der Waals surface area contributed by atoms with Crippen molar-refractivity contribution in [3.8, 4) is 0 Å². The van der Waals surface area contributed by atoms with Gasteiger partial charge in [0.05, 0.1) is 23.9 Å². The summed E-state index contributed by atoms with van der Waals surface area (Å²) in [5, 5.41) is 7.84. The lowest BCUT2D eigenvalue weighted by atomic mass is 10.3. The van der Waals surface area contributed by atoms with Gasteiger partial charge < -0.3 is 10.1 Å². The minimum absolute atomic E-state index is 0.197. The first-order valence-corrected chi connectivity index (χ1v) is 4.49. The van der Waals surface area contributed by atoms with E-state index in [0.29, 0.717) is 11.6 Å². The van der Waals surface area contributed by atoms with Crippen LogP contribution in [0.3, 0.4) is 0 Å². The number of nitrogens with one attached hydrogen (secondary N) is 1. The quantitative estimate of drug-likeness (QED) is 0.775. The first-order valence-electron chi connectivity index (χ1n) is 4.11. The van der Waals surface area contributed by atoms with Crippen LogP contribution >= 0.6 is 11.6 Å². The average molecular weight is 204 g/mol. The Labute approximate surface area is 82.8 Å². The van der Waals surface area contributed by atoms with Crippen LogP contribution in [-0.2, 0) is 4.74 Å². The normalized spacial score (nSPS) is 13.2. The molecule has 0 saturated heterocycles. The van der Waals surface area contributed by atoms with Gasteiger partial charge >= 0.3 is 0 Å². The standard InChI is InChI=1S/C8H14ClN3O/c1-10-4-8(6-13-2)12-5-7(9)3-11-12/h3,5,8,10H,4,6H2,1-2H3. The van der Waals surface area contributed by atoms with E-state index in [4.69, 9.17) is 16.3 Å². The van der Waals surface area contributed by atoms with E-state index in [1.165, 1.54) is 0 Å². The number of aromatic nitrogens is 2. The molecule has 0 aliphatic rings. The summed E-state index contributed by atoms with van der Waals surface area (Å²) in [4.78, 5) is 0. The third-order valence-corrected chi connectivity index (χ3v) is 1.94. The largest absolute Gasteiger partial charge is 0.382 e. The Morgan fingerprint density at radius 2 is 2.54 bits per heavy atom. The molecule has 0 amide bonds. The molecule has 0 saturated carbocycles. The molecule has 0 aromatic carbocycles. The summed E-state index contributed by atoms with van der Waals surface area (Å²) in [6, 6.07) is 0.197. The van der Waals surface area contributed by atoms with Crippen LogP contribution in [0.15, 0.2) is 12.4 Å². The second-order valence-electron chi connectivity index (χ2n) is 2.81.